The van der Waals surface area contributed by atoms with E-state index in [4.69, 9.17) is 11.0 Å². The van der Waals surface area contributed by atoms with Gasteiger partial charge in [0.1, 0.15) is 11.6 Å². The molecule has 6 nitrogen and oxygen atoms in total. The Balaban J connectivity index is 2.20. The fraction of sp³-hybridized carbons (Fsp3) is 0.250. The van der Waals surface area contributed by atoms with Crippen LogP contribution in [0.1, 0.15) is 13.8 Å². The second kappa shape index (κ2) is 7.61. The Kier molecular flexibility index (Phi) is 5.55. The molecule has 0 fully saturated rings. The Morgan fingerprint density at radius 1 is 1.35 bits per heavy atom. The molecule has 0 bridgehead atoms. The summed E-state index contributed by atoms with van der Waals surface area (Å²) in [5.74, 6) is 0.559. The maximum absolute atomic E-state index is 12.0. The molecule has 0 amide bonds. The predicted octanol–water partition coefficient (Wildman–Crippen LogP) is 2.38. The van der Waals surface area contributed by atoms with Crippen LogP contribution in [-0.2, 0) is 11.3 Å². The van der Waals surface area contributed by atoms with Gasteiger partial charge in [-0.3, -0.25) is 4.79 Å². The van der Waals surface area contributed by atoms with Gasteiger partial charge in [-0.15, -0.1) is 10.2 Å². The lowest BCUT2D eigenvalue weighted by Crippen LogP contribution is -2.11. The Morgan fingerprint density at radius 2 is 2.04 bits per heavy atom. The van der Waals surface area contributed by atoms with Gasteiger partial charge in [-0.1, -0.05) is 42.1 Å². The van der Waals surface area contributed by atoms with E-state index in [0.717, 1.165) is 11.4 Å². The minimum absolute atomic E-state index is 0.00310. The Labute approximate surface area is 139 Å². The molecule has 23 heavy (non-hydrogen) atoms. The van der Waals surface area contributed by atoms with Gasteiger partial charge in [0.25, 0.3) is 0 Å². The van der Waals surface area contributed by atoms with Crippen LogP contribution in [0.4, 0.5) is 0 Å². The van der Waals surface area contributed by atoms with Crippen molar-refractivity contribution >= 4 is 17.5 Å². The molecule has 2 N–H and O–H groups in total. The molecule has 0 unspecified atom stereocenters. The van der Waals surface area contributed by atoms with Gasteiger partial charge in [0.15, 0.2) is 16.8 Å². The van der Waals surface area contributed by atoms with Crippen molar-refractivity contribution in [3.8, 4) is 17.5 Å². The van der Waals surface area contributed by atoms with Gasteiger partial charge in [-0.05, 0) is 13.8 Å². The topological polar surface area (TPSA) is 97.6 Å². The van der Waals surface area contributed by atoms with Gasteiger partial charge in [-0.2, -0.15) is 5.26 Å². The smallest absolute Gasteiger partial charge is 0.191 e. The molecule has 0 aliphatic rings. The molecular weight excluding hydrogens is 310 g/mol. The van der Waals surface area contributed by atoms with E-state index in [-0.39, 0.29) is 22.8 Å². The van der Waals surface area contributed by atoms with Crippen LogP contribution in [0.25, 0.3) is 11.4 Å². The van der Waals surface area contributed by atoms with Gasteiger partial charge in [0.2, 0.25) is 0 Å². The molecular formula is C16H17N5OS. The fourth-order valence-electron chi connectivity index (χ4n) is 2.05. The average molecular weight is 327 g/mol. The van der Waals surface area contributed by atoms with Crippen LogP contribution in [0, 0.1) is 11.3 Å². The summed E-state index contributed by atoms with van der Waals surface area (Å²) in [7, 11) is 0. The second-order valence-electron chi connectivity index (χ2n) is 4.80. The van der Waals surface area contributed by atoms with E-state index in [0.29, 0.717) is 11.7 Å². The zero-order valence-corrected chi connectivity index (χ0v) is 13.8. The van der Waals surface area contributed by atoms with E-state index in [9.17, 15) is 4.79 Å². The summed E-state index contributed by atoms with van der Waals surface area (Å²) in [6.07, 6.45) is 0. The third-order valence-corrected chi connectivity index (χ3v) is 4.15. The molecule has 0 aliphatic carbocycles. The third kappa shape index (κ3) is 3.79. The molecule has 7 heteroatoms. The number of hydrogen-bond donors (Lipinski definition) is 1. The minimum atomic E-state index is -0.301. The summed E-state index contributed by atoms with van der Waals surface area (Å²) in [5, 5.41) is 18.0. The number of rotatable bonds is 6. The molecule has 1 aromatic carbocycles. The first kappa shape index (κ1) is 16.8. The predicted molar refractivity (Wildman–Crippen MR) is 89.4 cm³/mol. The number of thioether (sulfide) groups is 1. The first-order chi connectivity index (χ1) is 11.1. The van der Waals surface area contributed by atoms with Crippen molar-refractivity contribution in [1.82, 2.24) is 14.8 Å². The summed E-state index contributed by atoms with van der Waals surface area (Å²) in [6, 6.07) is 11.6. The van der Waals surface area contributed by atoms with Crippen molar-refractivity contribution in [3.05, 3.63) is 41.6 Å². The SMILES string of the molecule is CCn1c(SCC(=O)/C(C#N)=C(\C)N)nnc1-c1ccccc1. The number of Topliss-reactive ketones (excluding diaryl/α,β-unsaturated/α-hetero) is 1. The molecule has 0 aliphatic heterocycles. The van der Waals surface area contributed by atoms with E-state index in [1.807, 2.05) is 47.9 Å². The number of hydrogen-bond acceptors (Lipinski definition) is 6. The van der Waals surface area contributed by atoms with Crippen molar-refractivity contribution < 1.29 is 4.79 Å². The van der Waals surface area contributed by atoms with Crippen LogP contribution in [0.3, 0.4) is 0 Å². The average Bonchev–Trinajstić information content (AvgIpc) is 2.97. The van der Waals surface area contributed by atoms with Gasteiger partial charge < -0.3 is 10.3 Å². The lowest BCUT2D eigenvalue weighted by atomic mass is 10.2. The number of allylic oxidation sites excluding steroid dienone is 2. The lowest BCUT2D eigenvalue weighted by molar-refractivity contribution is -0.112. The van der Waals surface area contributed by atoms with Crippen LogP contribution in [-0.4, -0.2) is 26.3 Å². The largest absolute Gasteiger partial charge is 0.401 e. The number of carbonyl (C=O) groups excluding carboxylic acids is 1. The number of aromatic nitrogens is 3. The summed E-state index contributed by atoms with van der Waals surface area (Å²) in [5.41, 5.74) is 6.75. The zero-order chi connectivity index (χ0) is 16.8. The minimum Gasteiger partial charge on any atom is -0.401 e. The molecule has 0 spiro atoms. The van der Waals surface area contributed by atoms with Crippen LogP contribution in [0.5, 0.6) is 0 Å². The van der Waals surface area contributed by atoms with Crippen molar-refractivity contribution in [2.45, 2.75) is 25.5 Å². The highest BCUT2D eigenvalue weighted by molar-refractivity contribution is 7.99. The Hall–Kier alpha value is -2.59. The highest BCUT2D eigenvalue weighted by Crippen LogP contribution is 2.24. The second-order valence-corrected chi connectivity index (χ2v) is 5.74. The first-order valence-electron chi connectivity index (χ1n) is 7.09. The molecule has 2 rings (SSSR count). The maximum Gasteiger partial charge on any atom is 0.191 e. The molecule has 0 saturated carbocycles. The zero-order valence-electron chi connectivity index (χ0n) is 13.0. The lowest BCUT2D eigenvalue weighted by Gasteiger charge is -2.07. The van der Waals surface area contributed by atoms with Gasteiger partial charge >= 0.3 is 0 Å². The molecule has 1 heterocycles. The molecule has 0 radical (unpaired) electrons. The van der Waals surface area contributed by atoms with E-state index >= 15 is 0 Å². The molecule has 118 valence electrons. The van der Waals surface area contributed by atoms with Gasteiger partial charge in [0, 0.05) is 17.8 Å². The molecule has 0 saturated heterocycles. The number of benzene rings is 1. The monoisotopic (exact) mass is 327 g/mol. The van der Waals surface area contributed by atoms with E-state index in [1.54, 1.807) is 6.92 Å². The number of carbonyl (C=O) groups is 1. The number of ketones is 1. The Bertz CT molecular complexity index is 770. The van der Waals surface area contributed by atoms with Crippen molar-refractivity contribution in [2.24, 2.45) is 5.73 Å². The number of nitrogens with two attached hydrogens (primary N) is 1. The fourth-order valence-corrected chi connectivity index (χ4v) is 2.93. The van der Waals surface area contributed by atoms with Crippen LogP contribution in [0.2, 0.25) is 0 Å². The third-order valence-electron chi connectivity index (χ3n) is 3.18. The molecule has 2 aromatic rings. The van der Waals surface area contributed by atoms with Crippen LogP contribution >= 0.6 is 11.8 Å². The summed E-state index contributed by atoms with van der Waals surface area (Å²) in [6.45, 7) is 4.22. The Morgan fingerprint density at radius 3 is 2.61 bits per heavy atom. The van der Waals surface area contributed by atoms with E-state index in [1.165, 1.54) is 11.8 Å². The quantitative estimate of drug-likeness (QED) is 0.497. The van der Waals surface area contributed by atoms with Crippen molar-refractivity contribution in [3.63, 3.8) is 0 Å². The molecule has 0 atom stereocenters. The van der Waals surface area contributed by atoms with E-state index < -0.39 is 0 Å². The summed E-state index contributed by atoms with van der Waals surface area (Å²) < 4.78 is 1.94. The van der Waals surface area contributed by atoms with Gasteiger partial charge in [-0.25, -0.2) is 0 Å². The highest BCUT2D eigenvalue weighted by Gasteiger charge is 2.17. The van der Waals surface area contributed by atoms with Crippen molar-refractivity contribution in [1.29, 1.82) is 5.26 Å². The number of nitriles is 1. The van der Waals surface area contributed by atoms with Crippen molar-refractivity contribution in [2.75, 3.05) is 5.75 Å². The standard InChI is InChI=1S/C16H17N5OS/c1-3-21-15(12-7-5-4-6-8-12)19-20-16(21)23-10-14(22)13(9-17)11(2)18/h4-8H,3,10,18H2,1-2H3/b13-11+. The normalized spacial score (nSPS) is 11.7. The first-order valence-corrected chi connectivity index (χ1v) is 8.08. The summed E-state index contributed by atoms with van der Waals surface area (Å²) >= 11 is 1.26. The van der Waals surface area contributed by atoms with E-state index in [2.05, 4.69) is 10.2 Å². The summed E-state index contributed by atoms with van der Waals surface area (Å²) in [4.78, 5) is 12.0. The highest BCUT2D eigenvalue weighted by atomic mass is 32.2. The van der Waals surface area contributed by atoms with Gasteiger partial charge in [0.05, 0.1) is 5.75 Å². The number of nitrogens with zero attached hydrogens (tertiary/aromatic N) is 4. The molecule has 1 aromatic heterocycles. The van der Waals surface area contributed by atoms with Crippen LogP contribution < -0.4 is 5.73 Å². The maximum atomic E-state index is 12.0. The van der Waals surface area contributed by atoms with Crippen LogP contribution in [0.15, 0.2) is 46.8 Å².